The number of aromatic amines is 1. The van der Waals surface area contributed by atoms with E-state index in [1.807, 2.05) is 24.3 Å². The van der Waals surface area contributed by atoms with Gasteiger partial charge in [-0.25, -0.2) is 14.2 Å². The number of benzene rings is 1. The van der Waals surface area contributed by atoms with E-state index in [4.69, 9.17) is 0 Å². The first-order valence-corrected chi connectivity index (χ1v) is 6.63. The standard InChI is InChI=1S/C10H7N3OS2/c14-16(10-11-5-6-15-10)9-12-7-3-1-2-4-8(7)13-9/h1-6H,(H,12,13). The van der Waals surface area contributed by atoms with Crippen LogP contribution in [-0.2, 0) is 10.8 Å². The topological polar surface area (TPSA) is 58.6 Å². The number of nitrogens with zero attached hydrogens (tertiary/aromatic N) is 2. The van der Waals surface area contributed by atoms with Crippen molar-refractivity contribution in [3.63, 3.8) is 0 Å². The molecule has 3 rings (SSSR count). The van der Waals surface area contributed by atoms with Crippen LogP contribution in [0.5, 0.6) is 0 Å². The molecular weight excluding hydrogens is 242 g/mol. The van der Waals surface area contributed by atoms with Gasteiger partial charge in [0.2, 0.25) is 5.16 Å². The van der Waals surface area contributed by atoms with E-state index in [1.165, 1.54) is 11.3 Å². The third kappa shape index (κ3) is 1.56. The van der Waals surface area contributed by atoms with Crippen LogP contribution in [0.25, 0.3) is 11.0 Å². The van der Waals surface area contributed by atoms with E-state index in [2.05, 4.69) is 15.0 Å². The van der Waals surface area contributed by atoms with E-state index in [0.29, 0.717) is 9.50 Å². The predicted octanol–water partition coefficient (Wildman–Crippen LogP) is 2.19. The Bertz CT molecular complexity index is 612. The number of nitrogens with one attached hydrogen (secondary N) is 1. The second kappa shape index (κ2) is 3.80. The summed E-state index contributed by atoms with van der Waals surface area (Å²) >= 11 is 1.36. The van der Waals surface area contributed by atoms with Gasteiger partial charge in [-0.2, -0.15) is 0 Å². The molecule has 2 heterocycles. The first-order chi connectivity index (χ1) is 7.84. The van der Waals surface area contributed by atoms with Crippen molar-refractivity contribution < 1.29 is 4.21 Å². The van der Waals surface area contributed by atoms with Crippen LogP contribution in [0.4, 0.5) is 0 Å². The van der Waals surface area contributed by atoms with E-state index in [1.54, 1.807) is 11.6 Å². The molecule has 3 aromatic rings. The van der Waals surface area contributed by atoms with Crippen LogP contribution >= 0.6 is 11.3 Å². The van der Waals surface area contributed by atoms with Gasteiger partial charge in [-0.3, -0.25) is 0 Å². The van der Waals surface area contributed by atoms with Gasteiger partial charge < -0.3 is 4.98 Å². The van der Waals surface area contributed by atoms with Crippen molar-refractivity contribution in [1.82, 2.24) is 15.0 Å². The Morgan fingerprint density at radius 3 is 2.94 bits per heavy atom. The van der Waals surface area contributed by atoms with Crippen LogP contribution in [0.15, 0.2) is 45.3 Å². The van der Waals surface area contributed by atoms with Gasteiger partial charge in [-0.05, 0) is 12.1 Å². The molecule has 0 spiro atoms. The van der Waals surface area contributed by atoms with Crippen molar-refractivity contribution in [2.24, 2.45) is 0 Å². The summed E-state index contributed by atoms with van der Waals surface area (Å²) in [5, 5.41) is 2.26. The second-order valence-electron chi connectivity index (χ2n) is 3.13. The van der Waals surface area contributed by atoms with Crippen molar-refractivity contribution in [2.75, 3.05) is 0 Å². The first-order valence-electron chi connectivity index (χ1n) is 4.60. The zero-order valence-corrected chi connectivity index (χ0v) is 9.72. The molecule has 0 aliphatic carbocycles. The van der Waals surface area contributed by atoms with Gasteiger partial charge >= 0.3 is 0 Å². The Morgan fingerprint density at radius 2 is 2.19 bits per heavy atom. The Hall–Kier alpha value is -1.53. The maximum Gasteiger partial charge on any atom is 0.204 e. The van der Waals surface area contributed by atoms with Gasteiger partial charge in [0, 0.05) is 11.6 Å². The number of hydrogen-bond donors (Lipinski definition) is 1. The monoisotopic (exact) mass is 249 g/mol. The quantitative estimate of drug-likeness (QED) is 0.757. The Kier molecular flexibility index (Phi) is 2.30. The molecule has 0 bridgehead atoms. The maximum atomic E-state index is 12.0. The van der Waals surface area contributed by atoms with Gasteiger partial charge in [0.25, 0.3) is 0 Å². The van der Waals surface area contributed by atoms with Crippen LogP contribution in [0.1, 0.15) is 0 Å². The molecule has 6 heteroatoms. The summed E-state index contributed by atoms with van der Waals surface area (Å²) in [4.78, 5) is 11.3. The SMILES string of the molecule is O=S(c1nc2ccccc2[nH]1)c1nccs1. The fourth-order valence-electron chi connectivity index (χ4n) is 1.40. The molecule has 0 amide bonds. The molecule has 1 atom stereocenters. The lowest BCUT2D eigenvalue weighted by molar-refractivity contribution is 0.677. The van der Waals surface area contributed by atoms with Crippen molar-refractivity contribution in [3.05, 3.63) is 35.8 Å². The Balaban J connectivity index is 2.10. The van der Waals surface area contributed by atoms with Gasteiger partial charge in [-0.15, -0.1) is 11.3 Å². The molecule has 0 radical (unpaired) electrons. The van der Waals surface area contributed by atoms with Crippen molar-refractivity contribution in [3.8, 4) is 0 Å². The van der Waals surface area contributed by atoms with Gasteiger partial charge in [0.05, 0.1) is 11.0 Å². The molecular formula is C10H7N3OS2. The fourth-order valence-corrected chi connectivity index (χ4v) is 3.22. The highest BCUT2D eigenvalue weighted by Crippen LogP contribution is 2.18. The largest absolute Gasteiger partial charge is 0.330 e. The first kappa shape index (κ1) is 9.68. The highest BCUT2D eigenvalue weighted by molar-refractivity contribution is 7.87. The number of para-hydroxylation sites is 2. The molecule has 1 N–H and O–H groups in total. The predicted molar refractivity (Wildman–Crippen MR) is 62.9 cm³/mol. The van der Waals surface area contributed by atoms with Gasteiger partial charge in [0.15, 0.2) is 15.1 Å². The van der Waals surface area contributed by atoms with Crippen molar-refractivity contribution >= 4 is 33.2 Å². The summed E-state index contributed by atoms with van der Waals surface area (Å²) in [6.07, 6.45) is 1.64. The summed E-state index contributed by atoms with van der Waals surface area (Å²) in [6.45, 7) is 0. The summed E-state index contributed by atoms with van der Waals surface area (Å²) in [5.41, 5.74) is 1.71. The minimum Gasteiger partial charge on any atom is -0.330 e. The number of aromatic nitrogens is 3. The van der Waals surface area contributed by atoms with Crippen LogP contribution in [0, 0.1) is 0 Å². The molecule has 0 saturated heterocycles. The molecule has 16 heavy (non-hydrogen) atoms. The number of H-pyrrole nitrogens is 1. The zero-order chi connectivity index (χ0) is 11.0. The smallest absolute Gasteiger partial charge is 0.204 e. The highest BCUT2D eigenvalue weighted by Gasteiger charge is 2.13. The lowest BCUT2D eigenvalue weighted by Gasteiger charge is -1.90. The Morgan fingerprint density at radius 1 is 1.31 bits per heavy atom. The third-order valence-electron chi connectivity index (χ3n) is 2.11. The molecule has 0 saturated carbocycles. The van der Waals surface area contributed by atoms with E-state index < -0.39 is 10.8 Å². The van der Waals surface area contributed by atoms with E-state index in [-0.39, 0.29) is 0 Å². The normalized spacial score (nSPS) is 13.0. The highest BCUT2D eigenvalue weighted by atomic mass is 32.2. The van der Waals surface area contributed by atoms with Crippen LogP contribution in [-0.4, -0.2) is 19.2 Å². The average molecular weight is 249 g/mol. The minimum absolute atomic E-state index is 0.455. The number of thiazole rings is 1. The van der Waals surface area contributed by atoms with E-state index in [9.17, 15) is 4.21 Å². The Labute approximate surface area is 97.8 Å². The fraction of sp³-hybridized carbons (Fsp3) is 0. The average Bonchev–Trinajstić information content (AvgIpc) is 2.97. The third-order valence-corrected chi connectivity index (χ3v) is 4.39. The van der Waals surface area contributed by atoms with E-state index in [0.717, 1.165) is 11.0 Å². The van der Waals surface area contributed by atoms with Crippen LogP contribution < -0.4 is 0 Å². The lowest BCUT2D eigenvalue weighted by Crippen LogP contribution is -1.93. The molecule has 4 nitrogen and oxygen atoms in total. The summed E-state index contributed by atoms with van der Waals surface area (Å²) in [7, 11) is -1.31. The molecule has 1 unspecified atom stereocenters. The van der Waals surface area contributed by atoms with Crippen LogP contribution in [0.3, 0.4) is 0 Å². The minimum atomic E-state index is -1.31. The molecule has 1 aromatic carbocycles. The number of rotatable bonds is 2. The summed E-state index contributed by atoms with van der Waals surface area (Å²) < 4.78 is 12.6. The maximum absolute atomic E-state index is 12.0. The molecule has 0 aliphatic rings. The number of hydrogen-bond acceptors (Lipinski definition) is 4. The second-order valence-corrected chi connectivity index (χ2v) is 5.59. The molecule has 2 aromatic heterocycles. The molecule has 0 aliphatic heterocycles. The summed E-state index contributed by atoms with van der Waals surface area (Å²) in [6, 6.07) is 7.61. The number of imidazole rings is 1. The lowest BCUT2D eigenvalue weighted by atomic mass is 10.3. The van der Waals surface area contributed by atoms with Crippen molar-refractivity contribution in [1.29, 1.82) is 0 Å². The zero-order valence-electron chi connectivity index (χ0n) is 8.08. The van der Waals surface area contributed by atoms with E-state index >= 15 is 0 Å². The van der Waals surface area contributed by atoms with Crippen molar-refractivity contribution in [2.45, 2.75) is 9.50 Å². The van der Waals surface area contributed by atoms with Gasteiger partial charge in [-0.1, -0.05) is 12.1 Å². The molecule has 0 fully saturated rings. The van der Waals surface area contributed by atoms with Gasteiger partial charge in [0.1, 0.15) is 0 Å². The number of fused-ring (bicyclic) bond motifs is 1. The van der Waals surface area contributed by atoms with Crippen LogP contribution in [0.2, 0.25) is 0 Å². The molecule has 80 valence electrons. The summed E-state index contributed by atoms with van der Waals surface area (Å²) in [5.74, 6) is 0.